The summed E-state index contributed by atoms with van der Waals surface area (Å²) in [6, 6.07) is 0. The van der Waals surface area contributed by atoms with Crippen molar-refractivity contribution < 1.29 is 19.1 Å². The Kier molecular flexibility index (Phi) is 3.08. The van der Waals surface area contributed by atoms with Crippen molar-refractivity contribution in [2.45, 2.75) is 32.3 Å². The summed E-state index contributed by atoms with van der Waals surface area (Å²) in [5.74, 6) is -0.532. The molecule has 0 saturated carbocycles. The number of carbonyl (C=O) groups is 2. The molecule has 1 aliphatic heterocycles. The molecule has 0 aliphatic carbocycles. The van der Waals surface area contributed by atoms with Gasteiger partial charge in [-0.2, -0.15) is 0 Å². The smallest absolute Gasteiger partial charge is 0.306 e. The van der Waals surface area contributed by atoms with Crippen LogP contribution in [0.4, 0.5) is 0 Å². The molecule has 68 valence electrons. The summed E-state index contributed by atoms with van der Waals surface area (Å²) in [6.07, 6.45) is 1.87. The van der Waals surface area contributed by atoms with Gasteiger partial charge in [0.25, 0.3) is 0 Å². The maximum Gasteiger partial charge on any atom is 0.306 e. The molecule has 1 saturated heterocycles. The van der Waals surface area contributed by atoms with Crippen molar-refractivity contribution in [3.05, 3.63) is 0 Å². The van der Waals surface area contributed by atoms with Crippen LogP contribution < -0.4 is 0 Å². The number of ether oxygens (including phenoxy) is 2. The van der Waals surface area contributed by atoms with E-state index in [4.69, 9.17) is 9.47 Å². The van der Waals surface area contributed by atoms with Crippen molar-refractivity contribution >= 4 is 11.9 Å². The Hall–Kier alpha value is -1.06. The molecule has 4 heteroatoms. The predicted molar refractivity (Wildman–Crippen MR) is 40.4 cm³/mol. The minimum absolute atomic E-state index is 0.196. The number of hydrogen-bond donors (Lipinski definition) is 0. The Bertz CT molecular complexity index is 187. The molecule has 1 rings (SSSR count). The second-order valence-corrected chi connectivity index (χ2v) is 2.81. The molecule has 0 radical (unpaired) electrons. The van der Waals surface area contributed by atoms with Gasteiger partial charge in [0.15, 0.2) is 0 Å². The van der Waals surface area contributed by atoms with Gasteiger partial charge in [-0.1, -0.05) is 0 Å². The molecule has 1 heterocycles. The van der Waals surface area contributed by atoms with Crippen LogP contribution in [0, 0.1) is 0 Å². The number of rotatable bonds is 2. The van der Waals surface area contributed by atoms with E-state index in [9.17, 15) is 9.59 Å². The molecule has 0 amide bonds. The first-order valence-corrected chi connectivity index (χ1v) is 4.01. The average Bonchev–Trinajstić information content (AvgIpc) is 2.01. The Labute approximate surface area is 70.8 Å². The van der Waals surface area contributed by atoms with Gasteiger partial charge in [0, 0.05) is 13.3 Å². The standard InChI is InChI=1S/C8H12O4/c1-6(9)11-5-7-3-2-4-8(10)12-7/h7H,2-5H2,1H3/t7-/m0/s1. The third-order valence-corrected chi connectivity index (χ3v) is 1.68. The van der Waals surface area contributed by atoms with Gasteiger partial charge in [0.1, 0.15) is 12.7 Å². The van der Waals surface area contributed by atoms with E-state index in [1.165, 1.54) is 6.92 Å². The fourth-order valence-corrected chi connectivity index (χ4v) is 1.11. The number of carbonyl (C=O) groups excluding carboxylic acids is 2. The molecule has 0 aromatic rings. The minimum Gasteiger partial charge on any atom is -0.462 e. The summed E-state index contributed by atoms with van der Waals surface area (Å²) in [5, 5.41) is 0. The lowest BCUT2D eigenvalue weighted by Crippen LogP contribution is -2.28. The van der Waals surface area contributed by atoms with E-state index in [0.29, 0.717) is 6.42 Å². The summed E-state index contributed by atoms with van der Waals surface area (Å²) in [4.78, 5) is 21.2. The van der Waals surface area contributed by atoms with Gasteiger partial charge in [-0.05, 0) is 12.8 Å². The molecule has 1 fully saturated rings. The Balaban J connectivity index is 2.23. The van der Waals surface area contributed by atoms with Crippen LogP contribution in [0.3, 0.4) is 0 Å². The largest absolute Gasteiger partial charge is 0.462 e. The molecule has 12 heavy (non-hydrogen) atoms. The Morgan fingerprint density at radius 1 is 1.75 bits per heavy atom. The summed E-state index contributed by atoms with van der Waals surface area (Å²) in [5.41, 5.74) is 0. The zero-order valence-electron chi connectivity index (χ0n) is 7.04. The second-order valence-electron chi connectivity index (χ2n) is 2.81. The van der Waals surface area contributed by atoms with Gasteiger partial charge in [0.05, 0.1) is 0 Å². The normalized spacial score (nSPS) is 23.1. The first-order valence-electron chi connectivity index (χ1n) is 4.01. The quantitative estimate of drug-likeness (QED) is 0.574. The first-order chi connectivity index (χ1) is 5.68. The lowest BCUT2D eigenvalue weighted by Gasteiger charge is -2.21. The number of hydrogen-bond acceptors (Lipinski definition) is 4. The molecule has 4 nitrogen and oxygen atoms in total. The third kappa shape index (κ3) is 2.90. The Morgan fingerprint density at radius 2 is 2.50 bits per heavy atom. The molecule has 0 N–H and O–H groups in total. The molecule has 1 aliphatic rings. The van der Waals surface area contributed by atoms with Crippen molar-refractivity contribution in [2.24, 2.45) is 0 Å². The van der Waals surface area contributed by atoms with Crippen LogP contribution in [0.2, 0.25) is 0 Å². The maximum absolute atomic E-state index is 10.8. The van der Waals surface area contributed by atoms with Gasteiger partial charge in [-0.25, -0.2) is 0 Å². The van der Waals surface area contributed by atoms with Gasteiger partial charge in [0.2, 0.25) is 0 Å². The summed E-state index contributed by atoms with van der Waals surface area (Å²) >= 11 is 0. The summed E-state index contributed by atoms with van der Waals surface area (Å²) in [7, 11) is 0. The molecule has 0 aromatic carbocycles. The number of cyclic esters (lactones) is 1. The van der Waals surface area contributed by atoms with Crippen LogP contribution in [0.15, 0.2) is 0 Å². The van der Waals surface area contributed by atoms with Crippen molar-refractivity contribution in [2.75, 3.05) is 6.61 Å². The van der Waals surface area contributed by atoms with E-state index in [-0.39, 0.29) is 24.6 Å². The molecule has 0 spiro atoms. The molecule has 1 atom stereocenters. The van der Waals surface area contributed by atoms with E-state index < -0.39 is 0 Å². The van der Waals surface area contributed by atoms with Gasteiger partial charge in [-0.15, -0.1) is 0 Å². The van der Waals surface area contributed by atoms with E-state index >= 15 is 0 Å². The van der Waals surface area contributed by atoms with E-state index in [1.54, 1.807) is 0 Å². The topological polar surface area (TPSA) is 52.6 Å². The van der Waals surface area contributed by atoms with Crippen LogP contribution in [0.25, 0.3) is 0 Å². The average molecular weight is 172 g/mol. The van der Waals surface area contributed by atoms with Crippen molar-refractivity contribution in [3.8, 4) is 0 Å². The fraction of sp³-hybridized carbons (Fsp3) is 0.750. The molecular formula is C8H12O4. The van der Waals surface area contributed by atoms with E-state index in [2.05, 4.69) is 0 Å². The van der Waals surface area contributed by atoms with Gasteiger partial charge >= 0.3 is 11.9 Å². The fourth-order valence-electron chi connectivity index (χ4n) is 1.11. The number of esters is 2. The second kappa shape index (κ2) is 4.09. The van der Waals surface area contributed by atoms with E-state index in [1.807, 2.05) is 0 Å². The molecule has 0 aromatic heterocycles. The van der Waals surface area contributed by atoms with Gasteiger partial charge < -0.3 is 9.47 Å². The van der Waals surface area contributed by atoms with Crippen LogP contribution in [0.1, 0.15) is 26.2 Å². The Morgan fingerprint density at radius 3 is 3.08 bits per heavy atom. The van der Waals surface area contributed by atoms with Crippen molar-refractivity contribution in [1.82, 2.24) is 0 Å². The monoisotopic (exact) mass is 172 g/mol. The van der Waals surface area contributed by atoms with Crippen molar-refractivity contribution in [3.63, 3.8) is 0 Å². The molecular weight excluding hydrogens is 160 g/mol. The molecule has 0 bridgehead atoms. The minimum atomic E-state index is -0.336. The van der Waals surface area contributed by atoms with Crippen LogP contribution in [-0.2, 0) is 19.1 Å². The zero-order valence-corrected chi connectivity index (χ0v) is 7.04. The van der Waals surface area contributed by atoms with E-state index in [0.717, 1.165) is 12.8 Å². The van der Waals surface area contributed by atoms with Crippen LogP contribution >= 0.6 is 0 Å². The van der Waals surface area contributed by atoms with Crippen LogP contribution in [0.5, 0.6) is 0 Å². The maximum atomic E-state index is 10.8. The highest BCUT2D eigenvalue weighted by Gasteiger charge is 2.20. The summed E-state index contributed by atoms with van der Waals surface area (Å²) in [6.45, 7) is 1.53. The summed E-state index contributed by atoms with van der Waals surface area (Å²) < 4.78 is 9.63. The SMILES string of the molecule is CC(=O)OC[C@@H]1CCCC(=O)O1. The first kappa shape index (κ1) is 9.03. The highest BCUT2D eigenvalue weighted by Crippen LogP contribution is 2.13. The molecule has 0 unspecified atom stereocenters. The predicted octanol–water partition coefficient (Wildman–Crippen LogP) is 0.645. The van der Waals surface area contributed by atoms with Gasteiger partial charge in [-0.3, -0.25) is 9.59 Å². The lowest BCUT2D eigenvalue weighted by molar-refractivity contribution is -0.162. The third-order valence-electron chi connectivity index (χ3n) is 1.68. The van der Waals surface area contributed by atoms with Crippen molar-refractivity contribution in [1.29, 1.82) is 0 Å². The highest BCUT2D eigenvalue weighted by atomic mass is 16.6. The highest BCUT2D eigenvalue weighted by molar-refractivity contribution is 5.70. The van der Waals surface area contributed by atoms with Crippen LogP contribution in [-0.4, -0.2) is 24.6 Å². The lowest BCUT2D eigenvalue weighted by atomic mass is 10.1. The zero-order chi connectivity index (χ0) is 8.97.